The van der Waals surface area contributed by atoms with Crippen LogP contribution >= 0.6 is 35.4 Å². The number of amides is 1. The van der Waals surface area contributed by atoms with Crippen LogP contribution in [0, 0.1) is 0 Å². The summed E-state index contributed by atoms with van der Waals surface area (Å²) in [6.07, 6.45) is 1.61. The van der Waals surface area contributed by atoms with Gasteiger partial charge in [-0.15, -0.1) is 0 Å². The van der Waals surface area contributed by atoms with Gasteiger partial charge in [0.1, 0.15) is 5.70 Å². The van der Waals surface area contributed by atoms with Crippen LogP contribution in [0.25, 0.3) is 6.08 Å². The van der Waals surface area contributed by atoms with E-state index in [2.05, 4.69) is 5.32 Å². The van der Waals surface area contributed by atoms with Crippen molar-refractivity contribution in [3.05, 3.63) is 69.8 Å². The highest BCUT2D eigenvalue weighted by atomic mass is 35.5. The average molecular weight is 349 g/mol. The van der Waals surface area contributed by atoms with Gasteiger partial charge in [0.25, 0.3) is 5.91 Å². The SMILES string of the molecule is O=C1C(=Cc2c(Cl)cccc2Cl)NC(=S)N1c1ccccc1. The maximum atomic E-state index is 12.6. The first-order valence-corrected chi connectivity index (χ1v) is 7.60. The van der Waals surface area contributed by atoms with Gasteiger partial charge in [-0.2, -0.15) is 0 Å². The van der Waals surface area contributed by atoms with Crippen molar-refractivity contribution < 1.29 is 4.79 Å². The summed E-state index contributed by atoms with van der Waals surface area (Å²) < 4.78 is 0. The molecular formula is C16H10Cl2N2OS. The van der Waals surface area contributed by atoms with Crippen LogP contribution in [0.2, 0.25) is 10.0 Å². The van der Waals surface area contributed by atoms with Gasteiger partial charge < -0.3 is 5.32 Å². The smallest absolute Gasteiger partial charge is 0.281 e. The topological polar surface area (TPSA) is 32.3 Å². The van der Waals surface area contributed by atoms with Gasteiger partial charge in [-0.1, -0.05) is 47.5 Å². The summed E-state index contributed by atoms with van der Waals surface area (Å²) in [6.45, 7) is 0. The van der Waals surface area contributed by atoms with Crippen LogP contribution in [0.4, 0.5) is 5.69 Å². The van der Waals surface area contributed by atoms with E-state index in [4.69, 9.17) is 35.4 Å². The molecule has 0 aromatic heterocycles. The second-order valence-corrected chi connectivity index (χ2v) is 5.80. The number of nitrogens with one attached hydrogen (secondary N) is 1. The van der Waals surface area contributed by atoms with Crippen LogP contribution in [0.1, 0.15) is 5.56 Å². The minimum Gasteiger partial charge on any atom is -0.327 e. The average Bonchev–Trinajstić information content (AvgIpc) is 2.78. The molecule has 0 unspecified atom stereocenters. The fourth-order valence-electron chi connectivity index (χ4n) is 2.14. The molecule has 1 heterocycles. The zero-order chi connectivity index (χ0) is 15.7. The lowest BCUT2D eigenvalue weighted by Gasteiger charge is -2.13. The van der Waals surface area contributed by atoms with Crippen LogP contribution in [-0.4, -0.2) is 11.0 Å². The normalized spacial score (nSPS) is 16.3. The Kier molecular flexibility index (Phi) is 4.16. The van der Waals surface area contributed by atoms with Crippen LogP contribution in [-0.2, 0) is 4.79 Å². The van der Waals surface area contributed by atoms with E-state index in [0.29, 0.717) is 32.1 Å². The molecule has 3 nitrogen and oxygen atoms in total. The van der Waals surface area contributed by atoms with Crippen molar-refractivity contribution in [3.8, 4) is 0 Å². The quantitative estimate of drug-likeness (QED) is 0.650. The summed E-state index contributed by atoms with van der Waals surface area (Å²) in [5, 5.41) is 4.17. The zero-order valence-corrected chi connectivity index (χ0v) is 13.5. The minimum atomic E-state index is -0.243. The van der Waals surface area contributed by atoms with Crippen molar-refractivity contribution in [2.75, 3.05) is 4.90 Å². The Morgan fingerprint density at radius 2 is 1.64 bits per heavy atom. The van der Waals surface area contributed by atoms with E-state index < -0.39 is 0 Å². The zero-order valence-electron chi connectivity index (χ0n) is 11.2. The fraction of sp³-hybridized carbons (Fsp3) is 0. The maximum Gasteiger partial charge on any atom is 0.281 e. The fourth-order valence-corrected chi connectivity index (χ4v) is 2.94. The number of thiocarbonyl (C=S) groups is 1. The first kappa shape index (κ1) is 15.0. The van der Waals surface area contributed by atoms with Gasteiger partial charge in [0.15, 0.2) is 5.11 Å². The first-order chi connectivity index (χ1) is 10.6. The molecule has 2 aromatic carbocycles. The summed E-state index contributed by atoms with van der Waals surface area (Å²) in [4.78, 5) is 14.0. The summed E-state index contributed by atoms with van der Waals surface area (Å²) in [5.41, 5.74) is 1.63. The second-order valence-electron chi connectivity index (χ2n) is 4.60. The van der Waals surface area contributed by atoms with Gasteiger partial charge >= 0.3 is 0 Å². The summed E-state index contributed by atoms with van der Waals surface area (Å²) >= 11 is 17.5. The highest BCUT2D eigenvalue weighted by Crippen LogP contribution is 2.28. The predicted molar refractivity (Wildman–Crippen MR) is 94.1 cm³/mol. The van der Waals surface area contributed by atoms with Crippen molar-refractivity contribution in [2.24, 2.45) is 0 Å². The molecule has 6 heteroatoms. The minimum absolute atomic E-state index is 0.243. The molecule has 0 bridgehead atoms. The third-order valence-corrected chi connectivity index (χ3v) is 4.12. The number of carbonyl (C=O) groups excluding carboxylic acids is 1. The van der Waals surface area contributed by atoms with E-state index in [1.54, 1.807) is 24.3 Å². The molecule has 1 saturated heterocycles. The monoisotopic (exact) mass is 348 g/mol. The van der Waals surface area contributed by atoms with Gasteiger partial charge in [0, 0.05) is 15.6 Å². The highest BCUT2D eigenvalue weighted by Gasteiger charge is 2.32. The van der Waals surface area contributed by atoms with Crippen molar-refractivity contribution in [1.82, 2.24) is 5.32 Å². The molecule has 2 aromatic rings. The molecule has 110 valence electrons. The Balaban J connectivity index is 2.00. The molecule has 1 amide bonds. The third-order valence-electron chi connectivity index (χ3n) is 3.18. The highest BCUT2D eigenvalue weighted by molar-refractivity contribution is 7.80. The lowest BCUT2D eigenvalue weighted by atomic mass is 10.2. The Bertz CT molecular complexity index is 770. The molecule has 1 aliphatic rings. The maximum absolute atomic E-state index is 12.6. The van der Waals surface area contributed by atoms with Gasteiger partial charge in [-0.3, -0.25) is 9.69 Å². The van der Waals surface area contributed by atoms with E-state index in [1.807, 2.05) is 30.3 Å². The lowest BCUT2D eigenvalue weighted by molar-refractivity contribution is -0.113. The number of anilines is 1. The van der Waals surface area contributed by atoms with Crippen molar-refractivity contribution in [1.29, 1.82) is 0 Å². The molecule has 0 aliphatic carbocycles. The Labute approximate surface area is 143 Å². The van der Waals surface area contributed by atoms with Gasteiger partial charge in [0.05, 0.1) is 5.69 Å². The number of rotatable bonds is 2. The van der Waals surface area contributed by atoms with Gasteiger partial charge in [-0.25, -0.2) is 0 Å². The molecule has 0 radical (unpaired) electrons. The van der Waals surface area contributed by atoms with E-state index >= 15 is 0 Å². The molecule has 3 rings (SSSR count). The first-order valence-electron chi connectivity index (χ1n) is 6.44. The van der Waals surface area contributed by atoms with E-state index in [1.165, 1.54) is 4.90 Å². The van der Waals surface area contributed by atoms with E-state index in [9.17, 15) is 4.79 Å². The number of hydrogen-bond donors (Lipinski definition) is 1. The molecule has 22 heavy (non-hydrogen) atoms. The number of halogens is 2. The summed E-state index contributed by atoms with van der Waals surface area (Å²) in [6, 6.07) is 14.4. The number of para-hydroxylation sites is 1. The number of carbonyl (C=O) groups is 1. The van der Waals surface area contributed by atoms with Crippen molar-refractivity contribution >= 4 is 58.2 Å². The van der Waals surface area contributed by atoms with Crippen molar-refractivity contribution in [2.45, 2.75) is 0 Å². The van der Waals surface area contributed by atoms with Crippen LogP contribution in [0.3, 0.4) is 0 Å². The molecule has 1 aliphatic heterocycles. The molecule has 1 fully saturated rings. The third kappa shape index (κ3) is 2.73. The summed E-state index contributed by atoms with van der Waals surface area (Å²) in [5.74, 6) is -0.243. The number of nitrogens with zero attached hydrogens (tertiary/aromatic N) is 1. The van der Waals surface area contributed by atoms with Gasteiger partial charge in [0.2, 0.25) is 0 Å². The number of benzene rings is 2. The van der Waals surface area contributed by atoms with E-state index in [-0.39, 0.29) is 5.91 Å². The molecular weight excluding hydrogens is 339 g/mol. The Morgan fingerprint density at radius 3 is 2.27 bits per heavy atom. The van der Waals surface area contributed by atoms with Gasteiger partial charge in [-0.05, 0) is 42.6 Å². The molecule has 0 saturated carbocycles. The van der Waals surface area contributed by atoms with Crippen LogP contribution in [0.5, 0.6) is 0 Å². The van der Waals surface area contributed by atoms with Crippen LogP contribution < -0.4 is 10.2 Å². The predicted octanol–water partition coefficient (Wildman–Crippen LogP) is 4.26. The van der Waals surface area contributed by atoms with Crippen LogP contribution in [0.15, 0.2) is 54.2 Å². The van der Waals surface area contributed by atoms with E-state index in [0.717, 1.165) is 0 Å². The summed E-state index contributed by atoms with van der Waals surface area (Å²) in [7, 11) is 0. The second kappa shape index (κ2) is 6.08. The largest absolute Gasteiger partial charge is 0.327 e. The Morgan fingerprint density at radius 1 is 1.00 bits per heavy atom. The lowest BCUT2D eigenvalue weighted by Crippen LogP contribution is -2.30. The Hall–Kier alpha value is -1.88. The standard InChI is InChI=1S/C16H10Cl2N2OS/c17-12-7-4-8-13(18)11(12)9-14-15(21)20(16(22)19-14)10-5-2-1-3-6-10/h1-9H,(H,19,22). The molecule has 0 spiro atoms. The van der Waals surface area contributed by atoms with Crippen molar-refractivity contribution in [3.63, 3.8) is 0 Å². The number of hydrogen-bond acceptors (Lipinski definition) is 2. The molecule has 1 N–H and O–H groups in total. The molecule has 0 atom stereocenters.